The Morgan fingerprint density at radius 1 is 1.18 bits per heavy atom. The molecular formula is C28H31N7O3S. The zero-order chi connectivity index (χ0) is 27.6. The number of hydrogen-bond acceptors (Lipinski definition) is 7. The Bertz CT molecular complexity index is 1620. The maximum atomic E-state index is 14.2. The summed E-state index contributed by atoms with van der Waals surface area (Å²) in [7, 11) is -0.302. The maximum absolute atomic E-state index is 14.2. The molecule has 0 radical (unpaired) electrons. The molecule has 3 heterocycles. The highest BCUT2D eigenvalue weighted by molar-refractivity contribution is 7.89. The van der Waals surface area contributed by atoms with Crippen molar-refractivity contribution in [2.24, 2.45) is 14.1 Å². The first-order chi connectivity index (χ1) is 18.8. The van der Waals surface area contributed by atoms with Crippen molar-refractivity contribution in [1.82, 2.24) is 23.4 Å². The zero-order valence-corrected chi connectivity index (χ0v) is 23.0. The molecule has 10 nitrogen and oxygen atoms in total. The normalized spacial score (nSPS) is 15.3. The number of nitriles is 1. The number of sulfonamides is 1. The summed E-state index contributed by atoms with van der Waals surface area (Å²) in [5, 5.41) is 9.57. The van der Waals surface area contributed by atoms with Gasteiger partial charge in [-0.3, -0.25) is 0 Å². The van der Waals surface area contributed by atoms with E-state index in [0.29, 0.717) is 37.4 Å². The molecule has 0 N–H and O–H groups in total. The van der Waals surface area contributed by atoms with Crippen LogP contribution in [0.3, 0.4) is 0 Å². The molecule has 5 rings (SSSR count). The van der Waals surface area contributed by atoms with Gasteiger partial charge in [-0.05, 0) is 43.2 Å². The SMILES string of the molecule is CCOc1ccccc1CN(C1Cc2cc(C#N)ccc2N(Cc2cncn2C)C1)S(=O)(=O)c1cn(C)cn1. The number of para-hydroxylation sites is 1. The third-order valence-electron chi connectivity index (χ3n) is 6.97. The lowest BCUT2D eigenvalue weighted by Gasteiger charge is -2.40. The number of aromatic nitrogens is 4. The third-order valence-corrected chi connectivity index (χ3v) is 8.75. The molecule has 0 aliphatic carbocycles. The Hall–Kier alpha value is -4.14. The van der Waals surface area contributed by atoms with E-state index in [1.165, 1.54) is 16.8 Å². The van der Waals surface area contributed by atoms with Crippen molar-refractivity contribution < 1.29 is 13.2 Å². The van der Waals surface area contributed by atoms with Crippen LogP contribution in [0.5, 0.6) is 5.75 Å². The molecular weight excluding hydrogens is 514 g/mol. The van der Waals surface area contributed by atoms with Crippen LogP contribution in [0.2, 0.25) is 0 Å². The van der Waals surface area contributed by atoms with Crippen LogP contribution < -0.4 is 9.64 Å². The van der Waals surface area contributed by atoms with E-state index < -0.39 is 16.1 Å². The van der Waals surface area contributed by atoms with Gasteiger partial charge in [-0.15, -0.1) is 0 Å². The molecule has 1 aliphatic heterocycles. The van der Waals surface area contributed by atoms with Gasteiger partial charge in [-0.2, -0.15) is 9.57 Å². The van der Waals surface area contributed by atoms with E-state index in [4.69, 9.17) is 4.74 Å². The Morgan fingerprint density at radius 3 is 2.69 bits per heavy atom. The molecule has 0 saturated heterocycles. The second-order valence-electron chi connectivity index (χ2n) is 9.66. The molecule has 0 saturated carbocycles. The predicted molar refractivity (Wildman–Crippen MR) is 146 cm³/mol. The number of hydrogen-bond donors (Lipinski definition) is 0. The molecule has 11 heteroatoms. The highest BCUT2D eigenvalue weighted by Gasteiger charge is 2.38. The summed E-state index contributed by atoms with van der Waals surface area (Å²) in [4.78, 5) is 10.6. The van der Waals surface area contributed by atoms with Crippen LogP contribution in [0.25, 0.3) is 0 Å². The number of aryl methyl sites for hydroxylation is 2. The fourth-order valence-electron chi connectivity index (χ4n) is 5.02. The molecule has 0 fully saturated rings. The summed E-state index contributed by atoms with van der Waals surface area (Å²) in [5.41, 5.74) is 4.21. The van der Waals surface area contributed by atoms with Gasteiger partial charge in [-0.1, -0.05) is 18.2 Å². The van der Waals surface area contributed by atoms with Gasteiger partial charge in [0.25, 0.3) is 10.0 Å². The van der Waals surface area contributed by atoms with Crippen LogP contribution in [0.15, 0.2) is 72.5 Å². The molecule has 1 aliphatic rings. The number of benzene rings is 2. The van der Waals surface area contributed by atoms with E-state index in [2.05, 4.69) is 20.9 Å². The minimum atomic E-state index is -3.98. The van der Waals surface area contributed by atoms with Crippen molar-refractivity contribution in [1.29, 1.82) is 5.26 Å². The summed E-state index contributed by atoms with van der Waals surface area (Å²) in [5.74, 6) is 0.649. The van der Waals surface area contributed by atoms with Crippen molar-refractivity contribution in [2.75, 3.05) is 18.1 Å². The van der Waals surface area contributed by atoms with E-state index in [0.717, 1.165) is 22.5 Å². The predicted octanol–water partition coefficient (Wildman–Crippen LogP) is 3.25. The molecule has 1 unspecified atom stereocenters. The van der Waals surface area contributed by atoms with E-state index >= 15 is 0 Å². The first-order valence-corrected chi connectivity index (χ1v) is 14.2. The highest BCUT2D eigenvalue weighted by atomic mass is 32.2. The second kappa shape index (κ2) is 10.9. The van der Waals surface area contributed by atoms with Crippen molar-refractivity contribution in [3.05, 3.63) is 89.9 Å². The van der Waals surface area contributed by atoms with E-state index in [9.17, 15) is 13.7 Å². The van der Waals surface area contributed by atoms with Gasteiger partial charge in [0, 0.05) is 56.9 Å². The van der Waals surface area contributed by atoms with E-state index in [1.54, 1.807) is 24.0 Å². The van der Waals surface area contributed by atoms with Crippen LogP contribution in [-0.2, 0) is 43.6 Å². The van der Waals surface area contributed by atoms with E-state index in [1.807, 2.05) is 61.1 Å². The standard InChI is InChI=1S/C28H31N7O3S/c1-4-38-27-8-6-5-7-22(27)15-35(39(36,37)28-18-32(2)20-31-28)24-12-23-11-21(13-29)9-10-26(23)34(16-24)17-25-14-30-19-33(25)3/h5-11,14,18-20,24H,4,12,15-17H2,1-3H3. The van der Waals surface area contributed by atoms with Gasteiger partial charge in [-0.25, -0.2) is 18.4 Å². The molecule has 39 heavy (non-hydrogen) atoms. The number of rotatable bonds is 9. The summed E-state index contributed by atoms with van der Waals surface area (Å²) < 4.78 is 39.3. The van der Waals surface area contributed by atoms with Crippen LogP contribution in [0, 0.1) is 11.3 Å². The van der Waals surface area contributed by atoms with Gasteiger partial charge in [0.15, 0.2) is 5.03 Å². The van der Waals surface area contributed by atoms with Crippen molar-refractivity contribution >= 4 is 15.7 Å². The Kier molecular flexibility index (Phi) is 7.41. The van der Waals surface area contributed by atoms with Crippen molar-refractivity contribution in [3.8, 4) is 11.8 Å². The topological polar surface area (TPSA) is 109 Å². The van der Waals surface area contributed by atoms with Gasteiger partial charge in [0.1, 0.15) is 5.75 Å². The summed E-state index contributed by atoms with van der Waals surface area (Å²) in [6.45, 7) is 3.48. The minimum absolute atomic E-state index is 0.00588. The Labute approximate surface area is 228 Å². The fraction of sp³-hybridized carbons (Fsp3) is 0.321. The summed E-state index contributed by atoms with van der Waals surface area (Å²) in [6, 6.07) is 14.9. The minimum Gasteiger partial charge on any atom is -0.494 e. The quantitative estimate of drug-likeness (QED) is 0.318. The molecule has 0 spiro atoms. The summed E-state index contributed by atoms with van der Waals surface area (Å²) >= 11 is 0. The van der Waals surface area contributed by atoms with Crippen LogP contribution in [0.4, 0.5) is 5.69 Å². The molecule has 202 valence electrons. The smallest absolute Gasteiger partial charge is 0.262 e. The number of imidazole rings is 2. The Balaban J connectivity index is 1.59. The number of anilines is 1. The molecule has 1 atom stereocenters. The van der Waals surface area contributed by atoms with Crippen LogP contribution >= 0.6 is 0 Å². The van der Waals surface area contributed by atoms with Gasteiger partial charge in [0.05, 0.1) is 43.1 Å². The molecule has 4 aromatic rings. The molecule has 0 amide bonds. The Morgan fingerprint density at radius 2 is 2.00 bits per heavy atom. The van der Waals surface area contributed by atoms with Crippen LogP contribution in [-0.4, -0.2) is 51.0 Å². The van der Waals surface area contributed by atoms with Gasteiger partial charge in [0.2, 0.25) is 0 Å². The number of ether oxygens (including phenoxy) is 1. The second-order valence-corrected chi connectivity index (χ2v) is 11.5. The first kappa shape index (κ1) is 26.5. The lowest BCUT2D eigenvalue weighted by molar-refractivity contribution is 0.290. The first-order valence-electron chi connectivity index (χ1n) is 12.7. The third kappa shape index (κ3) is 5.39. The average Bonchev–Trinajstić information content (AvgIpc) is 3.55. The average molecular weight is 546 g/mol. The maximum Gasteiger partial charge on any atom is 0.262 e. The fourth-order valence-corrected chi connectivity index (χ4v) is 6.59. The zero-order valence-electron chi connectivity index (χ0n) is 22.2. The highest BCUT2D eigenvalue weighted by Crippen LogP contribution is 2.34. The number of fused-ring (bicyclic) bond motifs is 1. The van der Waals surface area contributed by atoms with Gasteiger partial charge < -0.3 is 18.8 Å². The summed E-state index contributed by atoms with van der Waals surface area (Å²) in [6.07, 6.45) is 7.03. The lowest BCUT2D eigenvalue weighted by atomic mass is 9.95. The van der Waals surface area contributed by atoms with E-state index in [-0.39, 0.29) is 11.6 Å². The number of nitrogens with zero attached hydrogens (tertiary/aromatic N) is 7. The monoisotopic (exact) mass is 545 g/mol. The largest absolute Gasteiger partial charge is 0.494 e. The van der Waals surface area contributed by atoms with Crippen molar-refractivity contribution in [3.63, 3.8) is 0 Å². The lowest BCUT2D eigenvalue weighted by Crippen LogP contribution is -2.50. The van der Waals surface area contributed by atoms with Crippen molar-refractivity contribution in [2.45, 2.75) is 37.5 Å². The molecule has 2 aromatic carbocycles. The molecule has 2 aromatic heterocycles. The van der Waals surface area contributed by atoms with Crippen LogP contribution in [0.1, 0.15) is 29.3 Å². The van der Waals surface area contributed by atoms with Gasteiger partial charge >= 0.3 is 0 Å². The molecule has 0 bridgehead atoms.